The lowest BCUT2D eigenvalue weighted by atomic mass is 10.2. The molecule has 5 rings (SSSR count). The van der Waals surface area contributed by atoms with Gasteiger partial charge in [0, 0.05) is 6.20 Å². The first-order valence-electron chi connectivity index (χ1n) is 9.12. The van der Waals surface area contributed by atoms with Crippen LogP contribution in [0.4, 0.5) is 5.13 Å². The molecule has 5 nitrogen and oxygen atoms in total. The van der Waals surface area contributed by atoms with Gasteiger partial charge in [-0.05, 0) is 42.8 Å². The van der Waals surface area contributed by atoms with Crippen molar-refractivity contribution >= 4 is 54.1 Å². The molecule has 5 aromatic rings. The highest BCUT2D eigenvalue weighted by atomic mass is 32.1. The van der Waals surface area contributed by atoms with Gasteiger partial charge in [0.1, 0.15) is 0 Å². The van der Waals surface area contributed by atoms with E-state index < -0.39 is 0 Å². The van der Waals surface area contributed by atoms with Crippen LogP contribution in [-0.4, -0.2) is 20.9 Å². The number of anilines is 1. The summed E-state index contributed by atoms with van der Waals surface area (Å²) in [5, 5.41) is 1.11. The van der Waals surface area contributed by atoms with E-state index in [-0.39, 0.29) is 5.91 Å². The highest BCUT2D eigenvalue weighted by Crippen LogP contribution is 2.33. The number of pyridine rings is 1. The number of fused-ring (bicyclic) bond motifs is 2. The molecule has 0 spiro atoms. The number of para-hydroxylation sites is 2. The molecule has 0 fully saturated rings. The summed E-state index contributed by atoms with van der Waals surface area (Å²) in [5.41, 5.74) is 3.66. The van der Waals surface area contributed by atoms with Gasteiger partial charge in [0.15, 0.2) is 10.1 Å². The topological polar surface area (TPSA) is 59.0 Å². The number of aryl methyl sites for hydroxylation is 1. The van der Waals surface area contributed by atoms with Crippen LogP contribution in [0, 0.1) is 6.92 Å². The average Bonchev–Trinajstić information content (AvgIpc) is 3.37. The zero-order valence-corrected chi connectivity index (χ0v) is 17.2. The van der Waals surface area contributed by atoms with Gasteiger partial charge in [0.25, 0.3) is 5.91 Å². The predicted octanol–water partition coefficient (Wildman–Crippen LogP) is 5.46. The van der Waals surface area contributed by atoms with Crippen molar-refractivity contribution in [3.8, 4) is 0 Å². The van der Waals surface area contributed by atoms with Crippen LogP contribution in [0.1, 0.15) is 21.1 Å². The largest absolute Gasteiger partial charge is 0.289 e. The Labute approximate surface area is 175 Å². The number of thiazole rings is 2. The Morgan fingerprint density at radius 3 is 2.55 bits per heavy atom. The first-order valence-corrected chi connectivity index (χ1v) is 10.8. The summed E-state index contributed by atoms with van der Waals surface area (Å²) >= 11 is 2.91. The van der Waals surface area contributed by atoms with E-state index in [9.17, 15) is 4.79 Å². The van der Waals surface area contributed by atoms with Crippen molar-refractivity contribution in [1.82, 2.24) is 15.0 Å². The van der Waals surface area contributed by atoms with Crippen molar-refractivity contribution in [3.63, 3.8) is 0 Å². The third-order valence-electron chi connectivity index (χ3n) is 4.61. The third-order valence-corrected chi connectivity index (χ3v) is 6.68. The summed E-state index contributed by atoms with van der Waals surface area (Å²) in [6.07, 6.45) is 1.73. The van der Waals surface area contributed by atoms with Gasteiger partial charge >= 0.3 is 0 Å². The zero-order valence-electron chi connectivity index (χ0n) is 15.6. The van der Waals surface area contributed by atoms with Crippen molar-refractivity contribution in [1.29, 1.82) is 0 Å². The lowest BCUT2D eigenvalue weighted by molar-refractivity contribution is 0.0984. The molecule has 0 aliphatic rings. The molecule has 2 aromatic carbocycles. The third kappa shape index (κ3) is 3.39. The number of rotatable bonds is 4. The number of hydrogen-bond donors (Lipinski definition) is 0. The number of carbonyl (C=O) groups excluding carboxylic acids is 1. The highest BCUT2D eigenvalue weighted by molar-refractivity contribution is 7.23. The Morgan fingerprint density at radius 2 is 1.76 bits per heavy atom. The average molecular weight is 417 g/mol. The molecule has 0 bridgehead atoms. The Balaban J connectivity index is 1.60. The van der Waals surface area contributed by atoms with Crippen LogP contribution in [0.5, 0.6) is 0 Å². The molecule has 0 N–H and O–H groups in total. The molecule has 29 heavy (non-hydrogen) atoms. The fraction of sp³-hybridized carbons (Fsp3) is 0.0909. The van der Waals surface area contributed by atoms with Gasteiger partial charge in [-0.1, -0.05) is 41.7 Å². The Hall–Kier alpha value is -3.16. The lowest BCUT2D eigenvalue weighted by Gasteiger charge is -2.18. The molecule has 0 unspecified atom stereocenters. The van der Waals surface area contributed by atoms with Crippen LogP contribution < -0.4 is 4.90 Å². The molecule has 3 heterocycles. The van der Waals surface area contributed by atoms with Crippen LogP contribution in [0.15, 0.2) is 66.9 Å². The summed E-state index contributed by atoms with van der Waals surface area (Å²) in [6.45, 7) is 2.37. The molecule has 0 saturated carbocycles. The molecule has 0 radical (unpaired) electrons. The summed E-state index contributed by atoms with van der Waals surface area (Å²) < 4.78 is 2.05. The number of carbonyl (C=O) groups is 1. The van der Waals surface area contributed by atoms with Crippen LogP contribution in [0.2, 0.25) is 0 Å². The van der Waals surface area contributed by atoms with E-state index in [1.165, 1.54) is 22.7 Å². The number of nitrogens with zero attached hydrogens (tertiary/aromatic N) is 4. The number of aromatic nitrogens is 3. The van der Waals surface area contributed by atoms with Gasteiger partial charge in [-0.3, -0.25) is 14.7 Å². The van der Waals surface area contributed by atoms with E-state index in [1.54, 1.807) is 11.1 Å². The number of benzene rings is 2. The van der Waals surface area contributed by atoms with Gasteiger partial charge < -0.3 is 0 Å². The summed E-state index contributed by atoms with van der Waals surface area (Å²) in [6, 6.07) is 19.6. The first-order chi connectivity index (χ1) is 14.2. The van der Waals surface area contributed by atoms with E-state index in [1.807, 2.05) is 67.6 Å². The van der Waals surface area contributed by atoms with E-state index in [4.69, 9.17) is 4.98 Å². The zero-order chi connectivity index (χ0) is 19.8. The maximum absolute atomic E-state index is 13.5. The minimum absolute atomic E-state index is 0.159. The van der Waals surface area contributed by atoms with E-state index in [0.717, 1.165) is 31.7 Å². The Morgan fingerprint density at radius 1 is 0.931 bits per heavy atom. The van der Waals surface area contributed by atoms with Gasteiger partial charge in [-0.15, -0.1) is 11.3 Å². The van der Waals surface area contributed by atoms with Crippen LogP contribution in [0.3, 0.4) is 0 Å². The van der Waals surface area contributed by atoms with Crippen molar-refractivity contribution in [3.05, 3.63) is 83.1 Å². The first kappa shape index (κ1) is 17.9. The molecular formula is C22H16N4OS2. The molecule has 0 atom stereocenters. The second-order valence-electron chi connectivity index (χ2n) is 6.62. The number of hydrogen-bond acceptors (Lipinski definition) is 6. The van der Waals surface area contributed by atoms with E-state index >= 15 is 0 Å². The quantitative estimate of drug-likeness (QED) is 0.390. The summed E-state index contributed by atoms with van der Waals surface area (Å²) in [4.78, 5) is 28.9. The minimum Gasteiger partial charge on any atom is -0.276 e. The smallest absolute Gasteiger partial charge is 0.276 e. The molecule has 7 heteroatoms. The Kier molecular flexibility index (Phi) is 4.54. The van der Waals surface area contributed by atoms with Crippen LogP contribution >= 0.6 is 22.7 Å². The molecule has 142 valence electrons. The summed E-state index contributed by atoms with van der Waals surface area (Å²) in [7, 11) is 0. The Bertz CT molecular complexity index is 1290. The van der Waals surface area contributed by atoms with Crippen molar-refractivity contribution in [2.45, 2.75) is 13.5 Å². The fourth-order valence-electron chi connectivity index (χ4n) is 3.15. The van der Waals surface area contributed by atoms with Crippen molar-refractivity contribution < 1.29 is 4.79 Å². The van der Waals surface area contributed by atoms with Crippen molar-refractivity contribution in [2.75, 3.05) is 4.90 Å². The van der Waals surface area contributed by atoms with Crippen LogP contribution in [0.25, 0.3) is 20.4 Å². The maximum atomic E-state index is 13.5. The van der Waals surface area contributed by atoms with Gasteiger partial charge in [-0.25, -0.2) is 9.97 Å². The van der Waals surface area contributed by atoms with Gasteiger partial charge in [0.2, 0.25) is 0 Å². The number of amides is 1. The monoisotopic (exact) mass is 416 g/mol. The SMILES string of the molecule is Cc1cccc2sc(N(Cc3ccccn3)C(=O)c3nc4ccccc4s3)nc12. The van der Waals surface area contributed by atoms with Crippen LogP contribution in [-0.2, 0) is 6.54 Å². The second-order valence-corrected chi connectivity index (χ2v) is 8.66. The molecule has 3 aromatic heterocycles. The minimum atomic E-state index is -0.159. The van der Waals surface area contributed by atoms with Crippen molar-refractivity contribution in [2.24, 2.45) is 0 Å². The maximum Gasteiger partial charge on any atom is 0.289 e. The predicted molar refractivity (Wildman–Crippen MR) is 119 cm³/mol. The highest BCUT2D eigenvalue weighted by Gasteiger charge is 2.25. The van der Waals surface area contributed by atoms with Gasteiger partial charge in [-0.2, -0.15) is 0 Å². The molecule has 0 saturated heterocycles. The normalized spacial score (nSPS) is 11.2. The standard InChI is InChI=1S/C22H16N4OS2/c1-14-7-6-11-18-19(14)25-22(29-18)26(13-15-8-4-5-12-23-15)21(27)20-24-16-9-2-3-10-17(16)28-20/h2-12H,13H2,1H3. The molecule has 0 aliphatic heterocycles. The van der Waals surface area contributed by atoms with Gasteiger partial charge in [0.05, 0.1) is 32.7 Å². The second kappa shape index (κ2) is 7.35. The fourth-order valence-corrected chi connectivity index (χ4v) is 5.10. The summed E-state index contributed by atoms with van der Waals surface area (Å²) in [5.74, 6) is -0.159. The lowest BCUT2D eigenvalue weighted by Crippen LogP contribution is -2.30. The van der Waals surface area contributed by atoms with E-state index in [2.05, 4.69) is 9.97 Å². The molecule has 1 amide bonds. The van der Waals surface area contributed by atoms with E-state index in [0.29, 0.717) is 16.7 Å². The molecular weight excluding hydrogens is 400 g/mol. The molecule has 0 aliphatic carbocycles.